The molecule has 0 saturated heterocycles. The molecule has 1 aliphatic carbocycles. The first-order chi connectivity index (χ1) is 15.0. The maximum absolute atomic E-state index is 12.7. The van der Waals surface area contributed by atoms with Gasteiger partial charge in [-0.1, -0.05) is 6.08 Å². The van der Waals surface area contributed by atoms with E-state index in [1.54, 1.807) is 46.6 Å². The molecule has 164 valence electrons. The van der Waals surface area contributed by atoms with Crippen molar-refractivity contribution < 1.29 is 21.6 Å². The van der Waals surface area contributed by atoms with Crippen LogP contribution in [0.3, 0.4) is 0 Å². The number of aryl methyl sites for hydroxylation is 1. The Morgan fingerprint density at radius 2 is 1.88 bits per heavy atom. The molecule has 0 bridgehead atoms. The van der Waals surface area contributed by atoms with E-state index in [2.05, 4.69) is 21.0 Å². The lowest BCUT2D eigenvalue weighted by Crippen LogP contribution is -2.43. The molecule has 0 aliphatic heterocycles. The van der Waals surface area contributed by atoms with E-state index in [9.17, 15) is 26.9 Å². The molecule has 0 amide bonds. The third-order valence-corrected chi connectivity index (χ3v) is 6.33. The minimum Gasteiger partial charge on any atom is -0.290 e. The topological polar surface area (TPSA) is 114 Å². The number of alkyl halides is 3. The summed E-state index contributed by atoms with van der Waals surface area (Å²) in [4.78, 5) is 12.1. The van der Waals surface area contributed by atoms with Crippen molar-refractivity contribution >= 4 is 26.8 Å². The highest BCUT2D eigenvalue weighted by Gasteiger charge is 2.39. The van der Waals surface area contributed by atoms with E-state index in [4.69, 9.17) is 0 Å². The Morgan fingerprint density at radius 1 is 1.22 bits per heavy atom. The zero-order valence-electron chi connectivity index (χ0n) is 16.7. The van der Waals surface area contributed by atoms with Crippen LogP contribution in [0.15, 0.2) is 47.6 Å². The van der Waals surface area contributed by atoms with Crippen LogP contribution in [-0.4, -0.2) is 40.2 Å². The van der Waals surface area contributed by atoms with Gasteiger partial charge in [-0.15, -0.1) is 0 Å². The van der Waals surface area contributed by atoms with E-state index < -0.39 is 27.1 Å². The average molecular weight is 460 g/mol. The van der Waals surface area contributed by atoms with Gasteiger partial charge in [-0.3, -0.25) is 4.57 Å². The molecule has 1 atom stereocenters. The summed E-state index contributed by atoms with van der Waals surface area (Å²) in [6.07, 6.45) is 2.47. The Kier molecular flexibility index (Phi) is 5.10. The number of allylic oxidation sites excluding steroid dienone is 4. The molecule has 0 radical (unpaired) electrons. The lowest BCUT2D eigenvalue weighted by Gasteiger charge is -2.17. The highest BCUT2D eigenvalue weighted by molar-refractivity contribution is 7.89. The van der Waals surface area contributed by atoms with E-state index in [-0.39, 0.29) is 11.4 Å². The quantitative estimate of drug-likeness (QED) is 0.625. The van der Waals surface area contributed by atoms with Gasteiger partial charge in [0.1, 0.15) is 28.3 Å². The first-order valence-corrected chi connectivity index (χ1v) is 10.7. The monoisotopic (exact) mass is 460 g/mol. The second kappa shape index (κ2) is 7.54. The third-order valence-electron chi connectivity index (χ3n) is 4.83. The van der Waals surface area contributed by atoms with E-state index >= 15 is 0 Å². The number of nitriles is 1. The Bertz CT molecular complexity index is 1430. The van der Waals surface area contributed by atoms with Gasteiger partial charge in [0.2, 0.25) is 10.0 Å². The fourth-order valence-corrected chi connectivity index (χ4v) is 4.22. The maximum Gasteiger partial charge on any atom is 0.404 e. The minimum absolute atomic E-state index is 0.0289. The Morgan fingerprint density at radius 3 is 2.41 bits per heavy atom. The highest BCUT2D eigenvalue weighted by atomic mass is 32.2. The van der Waals surface area contributed by atoms with Crippen LogP contribution < -0.4 is 4.72 Å². The molecule has 32 heavy (non-hydrogen) atoms. The minimum atomic E-state index is -4.74. The predicted molar refractivity (Wildman–Crippen MR) is 109 cm³/mol. The van der Waals surface area contributed by atoms with Crippen LogP contribution in [-0.2, 0) is 10.0 Å². The standard InChI is InChI=1S/C20H15F3N6O2S/c1-11-6-7-15-16(8-24)17(29(19(15)27-11)13-4-3-5-13)18-25-9-14(10-26-18)32(30,31)28-12(2)20(21,22)23/h3-7,9-10,12,28H,1-2H3/t12-/m0/s1. The van der Waals surface area contributed by atoms with Crippen LogP contribution in [0.4, 0.5) is 13.2 Å². The van der Waals surface area contributed by atoms with Crippen molar-refractivity contribution in [3.8, 4) is 17.6 Å². The molecular formula is C20H15F3N6O2S. The first-order valence-electron chi connectivity index (χ1n) is 9.25. The molecule has 1 N–H and O–H groups in total. The van der Waals surface area contributed by atoms with Gasteiger partial charge in [0.25, 0.3) is 0 Å². The smallest absolute Gasteiger partial charge is 0.290 e. The molecule has 0 spiro atoms. The van der Waals surface area contributed by atoms with Crippen molar-refractivity contribution in [3.05, 3.63) is 54.0 Å². The summed E-state index contributed by atoms with van der Waals surface area (Å²) < 4.78 is 66.1. The summed E-state index contributed by atoms with van der Waals surface area (Å²) in [5, 5.41) is 10.4. The zero-order chi connectivity index (χ0) is 23.3. The number of halogens is 3. The second-order valence-electron chi connectivity index (χ2n) is 7.07. The summed E-state index contributed by atoms with van der Waals surface area (Å²) in [6.45, 7) is 2.50. The number of nitrogens with one attached hydrogen (secondary N) is 1. The van der Waals surface area contributed by atoms with Crippen molar-refractivity contribution in [2.75, 3.05) is 0 Å². The molecule has 4 rings (SSSR count). The predicted octanol–water partition coefficient (Wildman–Crippen LogP) is 3.31. The van der Waals surface area contributed by atoms with Crippen molar-refractivity contribution in [1.82, 2.24) is 24.2 Å². The van der Waals surface area contributed by atoms with Gasteiger partial charge in [-0.05, 0) is 38.1 Å². The van der Waals surface area contributed by atoms with E-state index in [1.807, 2.05) is 0 Å². The number of aromatic nitrogens is 4. The molecule has 0 unspecified atom stereocenters. The van der Waals surface area contributed by atoms with Gasteiger partial charge >= 0.3 is 6.18 Å². The number of rotatable bonds is 5. The van der Waals surface area contributed by atoms with Gasteiger partial charge in [0.15, 0.2) is 5.82 Å². The number of sulfonamides is 1. The van der Waals surface area contributed by atoms with Crippen molar-refractivity contribution in [2.24, 2.45) is 0 Å². The number of fused-ring (bicyclic) bond motifs is 1. The lowest BCUT2D eigenvalue weighted by atomic mass is 10.1. The van der Waals surface area contributed by atoms with E-state index in [0.717, 1.165) is 23.8 Å². The second-order valence-corrected chi connectivity index (χ2v) is 8.79. The van der Waals surface area contributed by atoms with E-state index in [1.165, 1.54) is 0 Å². The van der Waals surface area contributed by atoms with Crippen LogP contribution in [0, 0.1) is 18.3 Å². The van der Waals surface area contributed by atoms with Crippen LogP contribution in [0.5, 0.6) is 0 Å². The Hall–Kier alpha value is -3.56. The number of hydrogen-bond acceptors (Lipinski definition) is 6. The molecule has 8 nitrogen and oxygen atoms in total. The first kappa shape index (κ1) is 21.7. The summed E-state index contributed by atoms with van der Waals surface area (Å²) >= 11 is 0. The Labute approximate surface area is 180 Å². The molecule has 1 aliphatic rings. The molecule has 0 saturated carbocycles. The van der Waals surface area contributed by atoms with Gasteiger partial charge in [0.05, 0.1) is 18.0 Å². The summed E-state index contributed by atoms with van der Waals surface area (Å²) in [5.41, 5.74) is 2.51. The lowest BCUT2D eigenvalue weighted by molar-refractivity contribution is -0.147. The van der Waals surface area contributed by atoms with Crippen LogP contribution in [0.1, 0.15) is 18.2 Å². The van der Waals surface area contributed by atoms with Gasteiger partial charge in [0, 0.05) is 16.8 Å². The number of pyridine rings is 1. The fraction of sp³-hybridized carbons (Fsp3) is 0.200. The molecule has 0 aromatic carbocycles. The molecule has 0 fully saturated rings. The van der Waals surface area contributed by atoms with Crippen molar-refractivity contribution in [1.29, 1.82) is 5.26 Å². The van der Waals surface area contributed by atoms with E-state index in [0.29, 0.717) is 23.7 Å². The summed E-state index contributed by atoms with van der Waals surface area (Å²) in [6, 6.07) is 3.34. The summed E-state index contributed by atoms with van der Waals surface area (Å²) in [5.74, 6) is 0.0289. The molecular weight excluding hydrogens is 445 g/mol. The van der Waals surface area contributed by atoms with Crippen molar-refractivity contribution in [3.63, 3.8) is 0 Å². The van der Waals surface area contributed by atoms with Crippen LogP contribution in [0.2, 0.25) is 0 Å². The summed E-state index contributed by atoms with van der Waals surface area (Å²) in [7, 11) is -4.51. The van der Waals surface area contributed by atoms with Gasteiger partial charge in [-0.2, -0.15) is 23.2 Å². The normalized spacial score (nSPS) is 14.7. The molecule has 3 heterocycles. The fourth-order valence-electron chi connectivity index (χ4n) is 3.11. The SMILES string of the molecule is Cc1ccc2c(C#N)c(-c3ncc(S(=O)(=O)N[C@@H](C)C(F)(F)F)cn3)n(C3=CC=C3)c2n1. The largest absolute Gasteiger partial charge is 0.404 e. The zero-order valence-corrected chi connectivity index (χ0v) is 17.5. The van der Waals surface area contributed by atoms with Crippen LogP contribution in [0.25, 0.3) is 28.2 Å². The molecule has 3 aromatic heterocycles. The maximum atomic E-state index is 12.7. The average Bonchev–Trinajstić information content (AvgIpc) is 2.99. The van der Waals surface area contributed by atoms with Gasteiger partial charge in [-0.25, -0.2) is 23.4 Å². The van der Waals surface area contributed by atoms with Crippen molar-refractivity contribution in [2.45, 2.75) is 31.0 Å². The molecule has 12 heteroatoms. The van der Waals surface area contributed by atoms with Gasteiger partial charge < -0.3 is 0 Å². The third kappa shape index (κ3) is 3.65. The number of nitrogens with zero attached hydrogens (tertiary/aromatic N) is 5. The van der Waals surface area contributed by atoms with Crippen LogP contribution >= 0.6 is 0 Å². The number of hydrogen-bond donors (Lipinski definition) is 1. The Balaban J connectivity index is 1.82. The highest BCUT2D eigenvalue weighted by Crippen LogP contribution is 2.35. The molecule has 3 aromatic rings.